The number of carbonyl (C=O) groups is 2. The van der Waals surface area contributed by atoms with Gasteiger partial charge in [0.1, 0.15) is 0 Å². The molecule has 0 saturated heterocycles. The Kier molecular flexibility index (Phi) is 76.8. The summed E-state index contributed by atoms with van der Waals surface area (Å²) in [6.45, 7) is 4.96. The molecule has 6 nitrogen and oxygen atoms in total. The molecular formula is C83H159NO5. The number of nitrogens with one attached hydrogen (secondary N) is 1. The zero-order chi connectivity index (χ0) is 64.2. The van der Waals surface area contributed by atoms with E-state index in [1.807, 2.05) is 6.08 Å². The van der Waals surface area contributed by atoms with Crippen LogP contribution in [0.3, 0.4) is 0 Å². The Labute approximate surface area is 557 Å². The number of carbonyl (C=O) groups excluding carboxylic acids is 2. The lowest BCUT2D eigenvalue weighted by molar-refractivity contribution is -0.143. The SMILES string of the molecule is CCCCCCCCCCCCCCCCCCCCCCCCC/C=C/C(O)C(CO)NC(=O)CCCCCCCCCCCCCCC/C=C\C/C=C\CCCCCCCCCCCOC(=O)CCCCCCCCCCCCCCCCCCCC. The Balaban J connectivity index is 3.41. The van der Waals surface area contributed by atoms with Gasteiger partial charge in [-0.05, 0) is 64.2 Å². The second-order valence-electron chi connectivity index (χ2n) is 28.1. The third-order valence-corrected chi connectivity index (χ3v) is 19.2. The fraction of sp³-hybridized carbons (Fsp3) is 0.904. The number of hydrogen-bond donors (Lipinski definition) is 3. The number of esters is 1. The first-order chi connectivity index (χ1) is 44.0. The van der Waals surface area contributed by atoms with E-state index in [0.717, 1.165) is 44.9 Å². The van der Waals surface area contributed by atoms with Crippen molar-refractivity contribution in [3.8, 4) is 0 Å². The van der Waals surface area contributed by atoms with Crippen LogP contribution in [0.5, 0.6) is 0 Å². The first kappa shape index (κ1) is 87.1. The van der Waals surface area contributed by atoms with Gasteiger partial charge in [-0.15, -0.1) is 0 Å². The lowest BCUT2D eigenvalue weighted by atomic mass is 10.0. The Bertz CT molecular complexity index is 1440. The van der Waals surface area contributed by atoms with E-state index in [-0.39, 0.29) is 18.5 Å². The first-order valence-electron chi connectivity index (χ1n) is 40.8. The molecule has 0 aromatic carbocycles. The maximum absolute atomic E-state index is 12.6. The Morgan fingerprint density at radius 3 is 0.854 bits per heavy atom. The normalized spacial score (nSPS) is 12.6. The molecule has 0 aromatic rings. The van der Waals surface area contributed by atoms with Crippen molar-refractivity contribution in [2.24, 2.45) is 0 Å². The molecule has 0 fully saturated rings. The summed E-state index contributed by atoms with van der Waals surface area (Å²) in [6.07, 6.45) is 103. The highest BCUT2D eigenvalue weighted by molar-refractivity contribution is 5.76. The molecule has 2 unspecified atom stereocenters. The summed E-state index contributed by atoms with van der Waals surface area (Å²) in [5.41, 5.74) is 0. The minimum absolute atomic E-state index is 0.0171. The highest BCUT2D eigenvalue weighted by atomic mass is 16.5. The molecule has 2 atom stereocenters. The summed E-state index contributed by atoms with van der Waals surface area (Å²) in [7, 11) is 0. The van der Waals surface area contributed by atoms with Gasteiger partial charge in [-0.25, -0.2) is 0 Å². The molecule has 6 heteroatoms. The zero-order valence-electron chi connectivity index (χ0n) is 60.4. The lowest BCUT2D eigenvalue weighted by Crippen LogP contribution is -2.45. The van der Waals surface area contributed by atoms with Crippen molar-refractivity contribution in [2.75, 3.05) is 13.2 Å². The molecule has 0 heterocycles. The van der Waals surface area contributed by atoms with Crippen LogP contribution in [0.1, 0.15) is 457 Å². The van der Waals surface area contributed by atoms with Crippen LogP contribution in [0, 0.1) is 0 Å². The standard InChI is InChI=1S/C83H159NO5/c1-3-5-7-9-11-13-15-17-19-21-23-24-25-31-34-37-40-43-47-51-55-59-63-67-71-75-81(86)80(79-85)84-82(87)76-72-68-64-60-56-52-48-44-41-38-35-32-29-27-26-28-30-33-36-39-42-46-50-54-58-62-66-70-74-78-89-83(88)77-73-69-65-61-57-53-49-45-22-20-18-16-14-12-10-8-6-4-2/h26,28,33,36,71,75,80-81,85-86H,3-25,27,29-32,34-35,37-70,72-74,76-79H2,1-2H3,(H,84,87)/b28-26-,36-33-,75-71+. The van der Waals surface area contributed by atoms with Gasteiger partial charge >= 0.3 is 5.97 Å². The summed E-state index contributed by atoms with van der Waals surface area (Å²) in [5.74, 6) is -0.0469. The predicted octanol–water partition coefficient (Wildman–Crippen LogP) is 27.0. The van der Waals surface area contributed by atoms with Crippen LogP contribution in [-0.4, -0.2) is 47.4 Å². The molecule has 0 aliphatic heterocycles. The molecule has 1 amide bonds. The number of aliphatic hydroxyl groups is 2. The largest absolute Gasteiger partial charge is 0.466 e. The molecule has 0 radical (unpaired) electrons. The minimum Gasteiger partial charge on any atom is -0.466 e. The quantitative estimate of drug-likeness (QED) is 0.0320. The van der Waals surface area contributed by atoms with Crippen LogP contribution in [0.2, 0.25) is 0 Å². The smallest absolute Gasteiger partial charge is 0.305 e. The van der Waals surface area contributed by atoms with E-state index in [0.29, 0.717) is 19.4 Å². The van der Waals surface area contributed by atoms with Gasteiger partial charge in [-0.3, -0.25) is 9.59 Å². The van der Waals surface area contributed by atoms with Crippen molar-refractivity contribution in [1.29, 1.82) is 0 Å². The van der Waals surface area contributed by atoms with Crippen molar-refractivity contribution in [3.63, 3.8) is 0 Å². The Morgan fingerprint density at radius 2 is 0.562 bits per heavy atom. The monoisotopic (exact) mass is 1250 g/mol. The molecule has 0 saturated carbocycles. The van der Waals surface area contributed by atoms with E-state index in [1.165, 1.54) is 385 Å². The Hall–Kier alpha value is -1.92. The predicted molar refractivity (Wildman–Crippen MR) is 393 cm³/mol. The highest BCUT2D eigenvalue weighted by Gasteiger charge is 2.18. The topological polar surface area (TPSA) is 95.9 Å². The number of unbranched alkanes of at least 4 members (excludes halogenated alkanes) is 62. The molecule has 0 aliphatic carbocycles. The van der Waals surface area contributed by atoms with Gasteiger partial charge in [0.2, 0.25) is 5.91 Å². The number of ether oxygens (including phenoxy) is 1. The molecule has 0 rings (SSSR count). The van der Waals surface area contributed by atoms with Gasteiger partial charge in [0.15, 0.2) is 0 Å². The molecule has 0 spiro atoms. The van der Waals surface area contributed by atoms with Crippen molar-refractivity contribution >= 4 is 11.9 Å². The number of allylic oxidation sites excluding steroid dienone is 5. The highest BCUT2D eigenvalue weighted by Crippen LogP contribution is 2.20. The van der Waals surface area contributed by atoms with Gasteiger partial charge in [0.05, 0.1) is 25.4 Å². The Morgan fingerprint density at radius 1 is 0.315 bits per heavy atom. The lowest BCUT2D eigenvalue weighted by Gasteiger charge is -2.20. The maximum atomic E-state index is 12.6. The summed E-state index contributed by atoms with van der Waals surface area (Å²) in [4.78, 5) is 24.7. The van der Waals surface area contributed by atoms with Crippen LogP contribution >= 0.6 is 0 Å². The summed E-state index contributed by atoms with van der Waals surface area (Å²) in [5, 5.41) is 23.3. The minimum atomic E-state index is -0.847. The van der Waals surface area contributed by atoms with Crippen LogP contribution < -0.4 is 5.32 Å². The average Bonchev–Trinajstić information content (AvgIpc) is 3.59. The maximum Gasteiger partial charge on any atom is 0.305 e. The van der Waals surface area contributed by atoms with E-state index in [4.69, 9.17) is 4.74 Å². The molecular weight excluding hydrogens is 1090 g/mol. The van der Waals surface area contributed by atoms with Crippen molar-refractivity contribution in [1.82, 2.24) is 5.32 Å². The van der Waals surface area contributed by atoms with Crippen molar-refractivity contribution in [2.45, 2.75) is 469 Å². The van der Waals surface area contributed by atoms with E-state index in [2.05, 4.69) is 43.5 Å². The van der Waals surface area contributed by atoms with Crippen molar-refractivity contribution in [3.05, 3.63) is 36.5 Å². The molecule has 526 valence electrons. The number of amides is 1. The van der Waals surface area contributed by atoms with Gasteiger partial charge in [0.25, 0.3) is 0 Å². The van der Waals surface area contributed by atoms with Gasteiger partial charge in [-0.2, -0.15) is 0 Å². The molecule has 0 bridgehead atoms. The second kappa shape index (κ2) is 78.5. The first-order valence-corrected chi connectivity index (χ1v) is 40.8. The number of hydrogen-bond acceptors (Lipinski definition) is 5. The van der Waals surface area contributed by atoms with Crippen LogP contribution in [-0.2, 0) is 14.3 Å². The van der Waals surface area contributed by atoms with Crippen LogP contribution in [0.25, 0.3) is 0 Å². The van der Waals surface area contributed by atoms with E-state index in [9.17, 15) is 19.8 Å². The average molecular weight is 1250 g/mol. The number of rotatable bonds is 77. The third kappa shape index (κ3) is 75.0. The summed E-state index contributed by atoms with van der Waals surface area (Å²) in [6, 6.07) is -0.631. The third-order valence-electron chi connectivity index (χ3n) is 19.2. The van der Waals surface area contributed by atoms with Crippen molar-refractivity contribution < 1.29 is 24.5 Å². The van der Waals surface area contributed by atoms with Crippen LogP contribution in [0.15, 0.2) is 36.5 Å². The molecule has 89 heavy (non-hydrogen) atoms. The van der Waals surface area contributed by atoms with Gasteiger partial charge < -0.3 is 20.3 Å². The van der Waals surface area contributed by atoms with Gasteiger partial charge in [-0.1, -0.05) is 416 Å². The van der Waals surface area contributed by atoms with E-state index < -0.39 is 12.1 Å². The molecule has 0 aromatic heterocycles. The fourth-order valence-electron chi connectivity index (χ4n) is 13.0. The van der Waals surface area contributed by atoms with Crippen LogP contribution in [0.4, 0.5) is 0 Å². The van der Waals surface area contributed by atoms with Gasteiger partial charge in [0, 0.05) is 12.8 Å². The zero-order valence-corrected chi connectivity index (χ0v) is 60.4. The van der Waals surface area contributed by atoms with E-state index >= 15 is 0 Å². The summed E-state index contributed by atoms with van der Waals surface area (Å²) >= 11 is 0. The molecule has 0 aliphatic rings. The number of aliphatic hydroxyl groups excluding tert-OH is 2. The second-order valence-corrected chi connectivity index (χ2v) is 28.1. The fourth-order valence-corrected chi connectivity index (χ4v) is 13.0. The molecule has 3 N–H and O–H groups in total. The summed E-state index contributed by atoms with van der Waals surface area (Å²) < 4.78 is 5.51. The van der Waals surface area contributed by atoms with E-state index in [1.54, 1.807) is 6.08 Å².